The zero-order valence-corrected chi connectivity index (χ0v) is 24.2. The summed E-state index contributed by atoms with van der Waals surface area (Å²) in [5.41, 5.74) is 0.749. The third-order valence-corrected chi connectivity index (χ3v) is 13.6. The third kappa shape index (κ3) is 3.17. The van der Waals surface area contributed by atoms with Gasteiger partial charge in [0.15, 0.2) is 5.79 Å². The van der Waals surface area contributed by atoms with Crippen molar-refractivity contribution in [1.82, 2.24) is 0 Å². The van der Waals surface area contributed by atoms with Crippen LogP contribution in [0.5, 0.6) is 0 Å². The van der Waals surface area contributed by atoms with Gasteiger partial charge in [0.05, 0.1) is 24.2 Å². The van der Waals surface area contributed by atoms with Crippen molar-refractivity contribution in [2.75, 3.05) is 6.61 Å². The van der Waals surface area contributed by atoms with Gasteiger partial charge in [0.1, 0.15) is 0 Å². The summed E-state index contributed by atoms with van der Waals surface area (Å²) in [6.45, 7) is 16.6. The summed E-state index contributed by atoms with van der Waals surface area (Å²) in [5, 5.41) is 22.1. The second-order valence-corrected chi connectivity index (χ2v) is 15.6. The van der Waals surface area contributed by atoms with Crippen LogP contribution in [0.2, 0.25) is 0 Å². The van der Waals surface area contributed by atoms with Crippen molar-refractivity contribution in [3.63, 3.8) is 0 Å². The highest BCUT2D eigenvalue weighted by Crippen LogP contribution is 2.76. The minimum atomic E-state index is -0.659. The van der Waals surface area contributed by atoms with Gasteiger partial charge >= 0.3 is 5.97 Å². The molecule has 5 fully saturated rings. The number of rotatable bonds is 1. The lowest BCUT2D eigenvalue weighted by Crippen LogP contribution is -2.70. The van der Waals surface area contributed by atoms with E-state index < -0.39 is 23.3 Å². The van der Waals surface area contributed by atoms with Gasteiger partial charge in [-0.15, -0.1) is 0 Å². The molecule has 3 unspecified atom stereocenters. The van der Waals surface area contributed by atoms with Gasteiger partial charge < -0.3 is 19.7 Å². The van der Waals surface area contributed by atoms with Crippen LogP contribution in [0.25, 0.3) is 0 Å². The Morgan fingerprint density at radius 1 is 0.973 bits per heavy atom. The molecule has 0 bridgehead atoms. The standard InChI is InChI=1S/C32H50O5/c1-19-9-8-13-32(26(34)35)16-15-30(6)20(24(19)32)10-11-23-28(4)17-21(33)25-29(5,18-36-27(2,3)37-25)22(28)12-14-31(23,30)7/h10,19,21-25,33H,8-9,11-18H2,1-7H3,(H,34,35)/t19-,21+,22?,23?,24?,25-,28-,29-,30+,31+,32-/m0/s1. The number of ether oxygens (including phenoxy) is 2. The SMILES string of the molecule is C[C@H]1CCC[C@]2(C(=O)O)CC[C@]3(C)C(=CCC4[C@@]5(C)C[C@@H](O)[C@@H]6OC(C)(C)OC[C@@]6(C)C5CC[C@]43C)C12. The van der Waals surface area contributed by atoms with E-state index in [2.05, 4.69) is 40.7 Å². The molecular weight excluding hydrogens is 464 g/mol. The fourth-order valence-electron chi connectivity index (χ4n) is 11.7. The van der Waals surface area contributed by atoms with E-state index in [-0.39, 0.29) is 33.7 Å². The lowest BCUT2D eigenvalue weighted by Gasteiger charge is -2.72. The van der Waals surface area contributed by atoms with Crippen LogP contribution in [0, 0.1) is 50.7 Å². The van der Waals surface area contributed by atoms with Crippen molar-refractivity contribution >= 4 is 5.97 Å². The van der Waals surface area contributed by atoms with E-state index in [9.17, 15) is 15.0 Å². The summed E-state index contributed by atoms with van der Waals surface area (Å²) in [4.78, 5) is 12.8. The molecule has 5 heteroatoms. The minimum Gasteiger partial charge on any atom is -0.481 e. The number of hydrogen-bond donors (Lipinski definition) is 2. The Morgan fingerprint density at radius 3 is 2.41 bits per heavy atom. The topological polar surface area (TPSA) is 76.0 Å². The van der Waals surface area contributed by atoms with Crippen molar-refractivity contribution in [2.45, 2.75) is 124 Å². The van der Waals surface area contributed by atoms with Gasteiger partial charge in [0.2, 0.25) is 0 Å². The highest BCUT2D eigenvalue weighted by molar-refractivity contribution is 5.76. The molecule has 37 heavy (non-hydrogen) atoms. The molecule has 0 radical (unpaired) electrons. The van der Waals surface area contributed by atoms with Gasteiger partial charge in [-0.25, -0.2) is 0 Å². The molecule has 0 amide bonds. The molecule has 0 aromatic heterocycles. The molecule has 5 aliphatic carbocycles. The average Bonchev–Trinajstić information content (AvgIpc) is 2.80. The smallest absolute Gasteiger partial charge is 0.310 e. The van der Waals surface area contributed by atoms with Gasteiger partial charge in [0, 0.05) is 5.41 Å². The van der Waals surface area contributed by atoms with Gasteiger partial charge in [0.25, 0.3) is 0 Å². The lowest BCUT2D eigenvalue weighted by molar-refractivity contribution is -0.368. The van der Waals surface area contributed by atoms with E-state index >= 15 is 0 Å². The maximum Gasteiger partial charge on any atom is 0.310 e. The summed E-state index contributed by atoms with van der Waals surface area (Å²) in [6, 6.07) is 0. The highest BCUT2D eigenvalue weighted by atomic mass is 16.7. The van der Waals surface area contributed by atoms with Gasteiger partial charge in [-0.3, -0.25) is 4.79 Å². The number of carboxylic acid groups (broad SMARTS) is 1. The minimum absolute atomic E-state index is 0.00335. The van der Waals surface area contributed by atoms with Crippen LogP contribution in [-0.4, -0.2) is 40.8 Å². The first kappa shape index (κ1) is 26.3. The summed E-state index contributed by atoms with van der Waals surface area (Å²) in [5.74, 6) is 0.223. The average molecular weight is 515 g/mol. The van der Waals surface area contributed by atoms with Crippen molar-refractivity contribution in [2.24, 2.45) is 50.7 Å². The van der Waals surface area contributed by atoms with E-state index in [1.165, 1.54) is 5.57 Å². The van der Waals surface area contributed by atoms with E-state index in [0.717, 1.165) is 57.8 Å². The highest BCUT2D eigenvalue weighted by Gasteiger charge is 2.71. The fraction of sp³-hybridized carbons (Fsp3) is 0.906. The van der Waals surface area contributed by atoms with E-state index in [1.807, 2.05) is 13.8 Å². The summed E-state index contributed by atoms with van der Waals surface area (Å²) >= 11 is 0. The Hall–Kier alpha value is -0.910. The normalized spacial score (nSPS) is 56.5. The molecule has 1 saturated heterocycles. The number of carbonyl (C=O) groups is 1. The van der Waals surface area contributed by atoms with Crippen molar-refractivity contribution in [3.8, 4) is 0 Å². The maximum absolute atomic E-state index is 12.8. The number of aliphatic hydroxyl groups excluding tert-OH is 1. The predicted octanol–water partition coefficient (Wildman–Crippen LogP) is 6.59. The van der Waals surface area contributed by atoms with Crippen LogP contribution in [-0.2, 0) is 14.3 Å². The number of aliphatic carboxylic acids is 1. The van der Waals surface area contributed by atoms with E-state index in [4.69, 9.17) is 9.47 Å². The first-order valence-electron chi connectivity index (χ1n) is 15.1. The van der Waals surface area contributed by atoms with Crippen molar-refractivity contribution in [1.29, 1.82) is 0 Å². The third-order valence-electron chi connectivity index (χ3n) is 13.6. The molecule has 6 aliphatic rings. The summed E-state index contributed by atoms with van der Waals surface area (Å²) in [7, 11) is 0. The number of fused-ring (bicyclic) bond motifs is 9. The summed E-state index contributed by atoms with van der Waals surface area (Å²) in [6.07, 6.45) is 10.6. The largest absolute Gasteiger partial charge is 0.481 e. The number of allylic oxidation sites excluding steroid dienone is 2. The molecule has 1 heterocycles. The second kappa shape index (κ2) is 7.85. The zero-order chi connectivity index (χ0) is 26.8. The number of hydrogen-bond acceptors (Lipinski definition) is 4. The molecule has 0 spiro atoms. The molecule has 4 saturated carbocycles. The molecule has 208 valence electrons. The van der Waals surface area contributed by atoms with Crippen LogP contribution in [0.3, 0.4) is 0 Å². The van der Waals surface area contributed by atoms with Crippen LogP contribution in [0.4, 0.5) is 0 Å². The molecule has 5 nitrogen and oxygen atoms in total. The molecule has 6 rings (SSSR count). The Bertz CT molecular complexity index is 1020. The predicted molar refractivity (Wildman–Crippen MR) is 143 cm³/mol. The molecule has 0 aromatic rings. The van der Waals surface area contributed by atoms with Crippen LogP contribution in [0.1, 0.15) is 106 Å². The lowest BCUT2D eigenvalue weighted by atomic mass is 9.33. The first-order valence-corrected chi connectivity index (χ1v) is 15.1. The molecule has 11 atom stereocenters. The van der Waals surface area contributed by atoms with E-state index in [0.29, 0.717) is 24.4 Å². The molecule has 0 aromatic carbocycles. The second-order valence-electron chi connectivity index (χ2n) is 15.6. The molecule has 2 N–H and O–H groups in total. The maximum atomic E-state index is 12.8. The Kier molecular flexibility index (Phi) is 5.58. The Morgan fingerprint density at radius 2 is 1.70 bits per heavy atom. The van der Waals surface area contributed by atoms with Gasteiger partial charge in [-0.05, 0) is 98.7 Å². The van der Waals surface area contributed by atoms with Gasteiger partial charge in [-0.1, -0.05) is 59.1 Å². The van der Waals surface area contributed by atoms with Crippen molar-refractivity contribution in [3.05, 3.63) is 11.6 Å². The van der Waals surface area contributed by atoms with Crippen LogP contribution in [0.15, 0.2) is 11.6 Å². The fourth-order valence-corrected chi connectivity index (χ4v) is 11.7. The number of aliphatic hydroxyl groups is 1. The molecule has 1 aliphatic heterocycles. The Labute approximate surface area is 223 Å². The zero-order valence-electron chi connectivity index (χ0n) is 24.2. The monoisotopic (exact) mass is 514 g/mol. The summed E-state index contributed by atoms with van der Waals surface area (Å²) < 4.78 is 12.7. The van der Waals surface area contributed by atoms with Crippen molar-refractivity contribution < 1.29 is 24.5 Å². The first-order chi connectivity index (χ1) is 17.1. The van der Waals surface area contributed by atoms with E-state index in [1.54, 1.807) is 0 Å². The van der Waals surface area contributed by atoms with Gasteiger partial charge in [-0.2, -0.15) is 0 Å². The van der Waals surface area contributed by atoms with Crippen LogP contribution < -0.4 is 0 Å². The van der Waals surface area contributed by atoms with Crippen LogP contribution >= 0.6 is 0 Å². The Balaban J connectivity index is 1.42. The number of carboxylic acids is 1. The molecular formula is C32H50O5. The quantitative estimate of drug-likeness (QED) is 0.386.